The van der Waals surface area contributed by atoms with Crippen LogP contribution in [0.2, 0.25) is 0 Å². The fourth-order valence-electron chi connectivity index (χ4n) is 4.69. The van der Waals surface area contributed by atoms with Crippen LogP contribution in [0.3, 0.4) is 0 Å². The lowest BCUT2D eigenvalue weighted by Crippen LogP contribution is -2.48. The van der Waals surface area contributed by atoms with Gasteiger partial charge >= 0.3 is 0 Å². The van der Waals surface area contributed by atoms with E-state index in [1.54, 1.807) is 24.1 Å². The van der Waals surface area contributed by atoms with Crippen LogP contribution >= 0.6 is 0 Å². The van der Waals surface area contributed by atoms with Gasteiger partial charge in [-0.2, -0.15) is 0 Å². The molecule has 1 saturated carbocycles. The number of piperidine rings is 1. The molecule has 0 N–H and O–H groups in total. The summed E-state index contributed by atoms with van der Waals surface area (Å²) in [5, 5.41) is 0. The minimum atomic E-state index is -0.319. The van der Waals surface area contributed by atoms with Crippen LogP contribution in [0.1, 0.15) is 43.7 Å². The van der Waals surface area contributed by atoms with Crippen molar-refractivity contribution in [1.29, 1.82) is 0 Å². The average Bonchev–Trinajstić information content (AvgIpc) is 3.52. The molecule has 0 radical (unpaired) electrons. The van der Waals surface area contributed by atoms with Crippen LogP contribution in [0.25, 0.3) is 0 Å². The number of rotatable bonds is 4. The van der Waals surface area contributed by atoms with Gasteiger partial charge in [0.15, 0.2) is 0 Å². The van der Waals surface area contributed by atoms with Gasteiger partial charge in [0.1, 0.15) is 5.82 Å². The summed E-state index contributed by atoms with van der Waals surface area (Å²) < 4.78 is 13.4. The Hall–Kier alpha value is -1.95. The highest BCUT2D eigenvalue weighted by molar-refractivity contribution is 5.85. The van der Waals surface area contributed by atoms with Crippen molar-refractivity contribution in [1.82, 2.24) is 14.7 Å². The van der Waals surface area contributed by atoms with E-state index in [2.05, 4.69) is 4.90 Å². The van der Waals surface area contributed by atoms with Crippen molar-refractivity contribution < 1.29 is 14.0 Å². The van der Waals surface area contributed by atoms with Crippen molar-refractivity contribution in [2.24, 2.45) is 11.8 Å². The number of nitrogens with zero attached hydrogens (tertiary/aromatic N) is 3. The van der Waals surface area contributed by atoms with Gasteiger partial charge in [0, 0.05) is 39.6 Å². The number of halogens is 1. The molecular formula is C22H30FN3O2. The number of carbonyl (C=O) groups is 2. The van der Waals surface area contributed by atoms with Gasteiger partial charge in [0.25, 0.3) is 0 Å². The van der Waals surface area contributed by atoms with Crippen molar-refractivity contribution in [3.05, 3.63) is 35.6 Å². The second-order valence-corrected chi connectivity index (χ2v) is 8.57. The zero-order valence-electron chi connectivity index (χ0n) is 16.6. The first-order valence-corrected chi connectivity index (χ1v) is 10.5. The van der Waals surface area contributed by atoms with E-state index >= 15 is 0 Å². The van der Waals surface area contributed by atoms with E-state index in [0.29, 0.717) is 12.8 Å². The second kappa shape index (κ2) is 8.19. The summed E-state index contributed by atoms with van der Waals surface area (Å²) in [5.74, 6) is 0.484. The third-order valence-corrected chi connectivity index (χ3v) is 6.50. The van der Waals surface area contributed by atoms with Crippen LogP contribution in [-0.4, -0.2) is 66.3 Å². The number of likely N-dealkylation sites (tertiary alicyclic amines) is 1. The number of carbonyl (C=O) groups excluding carboxylic acids is 2. The summed E-state index contributed by atoms with van der Waals surface area (Å²) in [6.07, 6.45) is 4.65. The van der Waals surface area contributed by atoms with Crippen molar-refractivity contribution in [2.45, 2.75) is 38.1 Å². The quantitative estimate of drug-likeness (QED) is 0.798. The molecule has 2 saturated heterocycles. The molecule has 3 fully saturated rings. The number of benzene rings is 1. The van der Waals surface area contributed by atoms with Gasteiger partial charge < -0.3 is 14.7 Å². The summed E-state index contributed by atoms with van der Waals surface area (Å²) in [4.78, 5) is 31.9. The van der Waals surface area contributed by atoms with Crippen LogP contribution in [0.15, 0.2) is 24.3 Å². The first-order chi connectivity index (χ1) is 13.5. The van der Waals surface area contributed by atoms with E-state index < -0.39 is 0 Å². The minimum Gasteiger partial charge on any atom is -0.341 e. The van der Waals surface area contributed by atoms with Gasteiger partial charge in [-0.05, 0) is 55.8 Å². The number of amides is 2. The molecule has 5 nitrogen and oxygen atoms in total. The van der Waals surface area contributed by atoms with Crippen LogP contribution in [0.4, 0.5) is 4.39 Å². The Labute approximate surface area is 166 Å². The molecule has 6 heteroatoms. The molecule has 2 amide bonds. The highest BCUT2D eigenvalue weighted by Gasteiger charge is 2.40. The predicted molar refractivity (Wildman–Crippen MR) is 105 cm³/mol. The van der Waals surface area contributed by atoms with Crippen molar-refractivity contribution in [3.63, 3.8) is 0 Å². The van der Waals surface area contributed by atoms with E-state index in [0.717, 1.165) is 44.1 Å². The molecule has 28 heavy (non-hydrogen) atoms. The van der Waals surface area contributed by atoms with Gasteiger partial charge in [-0.3, -0.25) is 9.59 Å². The smallest absolute Gasteiger partial charge is 0.228 e. The average molecular weight is 387 g/mol. The van der Waals surface area contributed by atoms with Gasteiger partial charge in [-0.25, -0.2) is 4.39 Å². The van der Waals surface area contributed by atoms with Crippen LogP contribution in [-0.2, 0) is 9.59 Å². The van der Waals surface area contributed by atoms with E-state index in [1.807, 2.05) is 4.90 Å². The second-order valence-electron chi connectivity index (χ2n) is 8.57. The van der Waals surface area contributed by atoms with Gasteiger partial charge in [0.05, 0.1) is 12.0 Å². The molecule has 0 aromatic heterocycles. The molecule has 1 aliphatic carbocycles. The van der Waals surface area contributed by atoms with Crippen LogP contribution in [0, 0.1) is 17.7 Å². The highest BCUT2D eigenvalue weighted by atomic mass is 19.1. The molecule has 1 aromatic rings. The third kappa shape index (κ3) is 4.22. The van der Waals surface area contributed by atoms with Crippen molar-refractivity contribution in [3.8, 4) is 0 Å². The van der Waals surface area contributed by atoms with Gasteiger partial charge in [-0.1, -0.05) is 12.1 Å². The van der Waals surface area contributed by atoms with E-state index in [-0.39, 0.29) is 29.6 Å². The fraction of sp³-hybridized carbons (Fsp3) is 0.636. The van der Waals surface area contributed by atoms with E-state index in [4.69, 9.17) is 0 Å². The largest absolute Gasteiger partial charge is 0.341 e. The Morgan fingerprint density at radius 3 is 2.54 bits per heavy atom. The van der Waals surface area contributed by atoms with Crippen molar-refractivity contribution in [2.75, 3.05) is 39.8 Å². The lowest BCUT2D eigenvalue weighted by Gasteiger charge is -2.40. The molecule has 2 atom stereocenters. The first-order valence-electron chi connectivity index (χ1n) is 10.5. The summed E-state index contributed by atoms with van der Waals surface area (Å²) in [7, 11) is 1.76. The molecule has 4 rings (SSSR count). The summed E-state index contributed by atoms with van der Waals surface area (Å²) in [5.41, 5.74) is 0.834. The van der Waals surface area contributed by atoms with Crippen molar-refractivity contribution >= 4 is 11.8 Å². The third-order valence-electron chi connectivity index (χ3n) is 6.50. The number of hydrogen-bond acceptors (Lipinski definition) is 3. The summed E-state index contributed by atoms with van der Waals surface area (Å²) in [6, 6.07) is 5.90. The highest BCUT2D eigenvalue weighted by Crippen LogP contribution is 2.37. The molecule has 3 aliphatic rings. The molecule has 1 aromatic carbocycles. The predicted octanol–water partition coefficient (Wildman–Crippen LogP) is 2.68. The van der Waals surface area contributed by atoms with E-state index in [1.165, 1.54) is 31.5 Å². The monoisotopic (exact) mass is 387 g/mol. The maximum absolute atomic E-state index is 13.4. The van der Waals surface area contributed by atoms with Crippen LogP contribution in [0.5, 0.6) is 0 Å². The lowest BCUT2D eigenvalue weighted by molar-refractivity contribution is -0.146. The Bertz CT molecular complexity index is 719. The minimum absolute atomic E-state index is 0.0462. The molecule has 0 bridgehead atoms. The topological polar surface area (TPSA) is 43.9 Å². The van der Waals surface area contributed by atoms with Gasteiger partial charge in [0.2, 0.25) is 11.8 Å². The maximum atomic E-state index is 13.4. The standard InChI is InChI=1S/C22H30FN3O2/c1-24-20(27)10-9-19(21(24)17-5-7-18(23)8-6-17)22(28)26-12-2-11-25(13-14-26)15-16-3-4-16/h5-8,16,19,21H,2-4,9-15H2,1H3. The van der Waals surface area contributed by atoms with Crippen LogP contribution < -0.4 is 0 Å². The Morgan fingerprint density at radius 2 is 1.82 bits per heavy atom. The Morgan fingerprint density at radius 1 is 1.07 bits per heavy atom. The molecule has 152 valence electrons. The summed E-state index contributed by atoms with van der Waals surface area (Å²) >= 11 is 0. The van der Waals surface area contributed by atoms with E-state index in [9.17, 15) is 14.0 Å². The molecular weight excluding hydrogens is 357 g/mol. The summed E-state index contributed by atoms with van der Waals surface area (Å²) in [6.45, 7) is 4.71. The molecule has 2 unspecified atom stereocenters. The first kappa shape index (κ1) is 19.4. The normalized spacial score (nSPS) is 27.0. The maximum Gasteiger partial charge on any atom is 0.228 e. The fourth-order valence-corrected chi connectivity index (χ4v) is 4.69. The van der Waals surface area contributed by atoms with Gasteiger partial charge in [-0.15, -0.1) is 0 Å². The number of hydrogen-bond donors (Lipinski definition) is 0. The Balaban J connectivity index is 1.49. The molecule has 2 heterocycles. The molecule has 2 aliphatic heterocycles. The zero-order valence-corrected chi connectivity index (χ0v) is 16.6. The SMILES string of the molecule is CN1C(=O)CCC(C(=O)N2CCCN(CC3CC3)CC2)C1c1ccc(F)cc1. The molecule has 0 spiro atoms. The Kier molecular flexibility index (Phi) is 5.67. The zero-order chi connectivity index (χ0) is 19.7. The lowest BCUT2D eigenvalue weighted by atomic mass is 9.83.